The van der Waals surface area contributed by atoms with Crippen LogP contribution in [0.3, 0.4) is 0 Å². The SMILES string of the molecule is NCc1nnn(-c2ccccc2)c1Cc1ccccc1. The Morgan fingerprint density at radius 1 is 0.900 bits per heavy atom. The van der Waals surface area contributed by atoms with Gasteiger partial charge in [0.15, 0.2) is 0 Å². The molecule has 4 heteroatoms. The minimum atomic E-state index is 0.398. The Bertz CT molecular complexity index is 674. The molecule has 4 nitrogen and oxygen atoms in total. The first-order valence-corrected chi connectivity index (χ1v) is 6.61. The van der Waals surface area contributed by atoms with Crippen LogP contribution in [0.15, 0.2) is 60.7 Å². The van der Waals surface area contributed by atoms with E-state index < -0.39 is 0 Å². The van der Waals surface area contributed by atoms with Gasteiger partial charge in [0.25, 0.3) is 0 Å². The molecular weight excluding hydrogens is 248 g/mol. The highest BCUT2D eigenvalue weighted by molar-refractivity contribution is 5.35. The third kappa shape index (κ3) is 2.46. The smallest absolute Gasteiger partial charge is 0.100 e. The topological polar surface area (TPSA) is 56.7 Å². The number of hydrogen-bond acceptors (Lipinski definition) is 3. The first-order chi connectivity index (χ1) is 9.88. The summed E-state index contributed by atoms with van der Waals surface area (Å²) in [6.45, 7) is 0.398. The van der Waals surface area contributed by atoms with Crippen LogP contribution in [-0.2, 0) is 13.0 Å². The Morgan fingerprint density at radius 2 is 1.55 bits per heavy atom. The van der Waals surface area contributed by atoms with Gasteiger partial charge in [-0.15, -0.1) is 5.10 Å². The van der Waals surface area contributed by atoms with Crippen LogP contribution in [0.4, 0.5) is 0 Å². The van der Waals surface area contributed by atoms with E-state index in [1.54, 1.807) is 0 Å². The molecule has 0 atom stereocenters. The van der Waals surface area contributed by atoms with Crippen molar-refractivity contribution in [1.82, 2.24) is 15.0 Å². The van der Waals surface area contributed by atoms with Crippen molar-refractivity contribution in [3.05, 3.63) is 77.6 Å². The van der Waals surface area contributed by atoms with E-state index in [2.05, 4.69) is 22.4 Å². The van der Waals surface area contributed by atoms with E-state index in [4.69, 9.17) is 5.73 Å². The lowest BCUT2D eigenvalue weighted by Crippen LogP contribution is -2.07. The molecule has 3 rings (SSSR count). The van der Waals surface area contributed by atoms with Gasteiger partial charge in [-0.3, -0.25) is 0 Å². The summed E-state index contributed by atoms with van der Waals surface area (Å²) in [6.07, 6.45) is 0.773. The summed E-state index contributed by atoms with van der Waals surface area (Å²) in [5.74, 6) is 0. The summed E-state index contributed by atoms with van der Waals surface area (Å²) in [4.78, 5) is 0. The largest absolute Gasteiger partial charge is 0.325 e. The molecule has 0 saturated heterocycles. The molecule has 0 radical (unpaired) electrons. The van der Waals surface area contributed by atoms with Crippen LogP contribution in [0.25, 0.3) is 5.69 Å². The maximum Gasteiger partial charge on any atom is 0.100 e. The number of aromatic nitrogens is 3. The second-order valence-electron chi connectivity index (χ2n) is 4.60. The Hall–Kier alpha value is -2.46. The van der Waals surface area contributed by atoms with E-state index in [9.17, 15) is 0 Å². The number of rotatable bonds is 4. The van der Waals surface area contributed by atoms with E-state index in [1.165, 1.54) is 5.56 Å². The molecule has 1 aromatic heterocycles. The van der Waals surface area contributed by atoms with Gasteiger partial charge < -0.3 is 5.73 Å². The fraction of sp³-hybridized carbons (Fsp3) is 0.125. The standard InChI is InChI=1S/C16H16N4/c17-12-15-16(11-13-7-3-1-4-8-13)20(19-18-15)14-9-5-2-6-10-14/h1-10H,11-12,17H2. The van der Waals surface area contributed by atoms with Gasteiger partial charge in [0.2, 0.25) is 0 Å². The average Bonchev–Trinajstić information content (AvgIpc) is 2.92. The highest BCUT2D eigenvalue weighted by atomic mass is 15.4. The molecule has 0 aliphatic rings. The highest BCUT2D eigenvalue weighted by Gasteiger charge is 2.13. The molecule has 0 spiro atoms. The Balaban J connectivity index is 2.02. The summed E-state index contributed by atoms with van der Waals surface area (Å²) in [6, 6.07) is 20.3. The zero-order valence-corrected chi connectivity index (χ0v) is 11.1. The molecule has 0 unspecified atom stereocenters. The molecule has 3 aromatic rings. The average molecular weight is 264 g/mol. The number of para-hydroxylation sites is 1. The van der Waals surface area contributed by atoms with E-state index in [-0.39, 0.29) is 0 Å². The third-order valence-electron chi connectivity index (χ3n) is 3.25. The monoisotopic (exact) mass is 264 g/mol. The van der Waals surface area contributed by atoms with Gasteiger partial charge in [-0.2, -0.15) is 0 Å². The zero-order valence-electron chi connectivity index (χ0n) is 11.1. The van der Waals surface area contributed by atoms with Crippen LogP contribution in [0, 0.1) is 0 Å². The molecule has 20 heavy (non-hydrogen) atoms. The van der Waals surface area contributed by atoms with Crippen LogP contribution >= 0.6 is 0 Å². The number of benzene rings is 2. The lowest BCUT2D eigenvalue weighted by Gasteiger charge is -2.07. The fourth-order valence-electron chi connectivity index (χ4n) is 2.23. The Morgan fingerprint density at radius 3 is 2.20 bits per heavy atom. The first-order valence-electron chi connectivity index (χ1n) is 6.61. The van der Waals surface area contributed by atoms with E-state index >= 15 is 0 Å². The predicted molar refractivity (Wildman–Crippen MR) is 78.5 cm³/mol. The van der Waals surface area contributed by atoms with Crippen LogP contribution in [0.5, 0.6) is 0 Å². The molecule has 0 amide bonds. The van der Waals surface area contributed by atoms with Crippen LogP contribution in [0.2, 0.25) is 0 Å². The van der Waals surface area contributed by atoms with Gasteiger partial charge in [0.05, 0.1) is 11.4 Å². The quantitative estimate of drug-likeness (QED) is 0.786. The van der Waals surface area contributed by atoms with Crippen LogP contribution < -0.4 is 5.73 Å². The van der Waals surface area contributed by atoms with Crippen molar-refractivity contribution < 1.29 is 0 Å². The van der Waals surface area contributed by atoms with Crippen molar-refractivity contribution in [2.24, 2.45) is 5.73 Å². The zero-order chi connectivity index (χ0) is 13.8. The predicted octanol–water partition coefficient (Wildman–Crippen LogP) is 2.32. The molecule has 100 valence electrons. The van der Waals surface area contributed by atoms with Crippen LogP contribution in [-0.4, -0.2) is 15.0 Å². The Kier molecular flexibility index (Phi) is 3.56. The van der Waals surface area contributed by atoms with Gasteiger partial charge in [-0.05, 0) is 17.7 Å². The van der Waals surface area contributed by atoms with Gasteiger partial charge in [0.1, 0.15) is 5.69 Å². The van der Waals surface area contributed by atoms with Crippen LogP contribution in [0.1, 0.15) is 17.0 Å². The van der Waals surface area contributed by atoms with Gasteiger partial charge in [-0.1, -0.05) is 53.7 Å². The normalized spacial score (nSPS) is 10.7. The molecule has 2 N–H and O–H groups in total. The van der Waals surface area contributed by atoms with Gasteiger partial charge in [0, 0.05) is 13.0 Å². The molecular formula is C16H16N4. The minimum absolute atomic E-state index is 0.398. The molecule has 0 fully saturated rings. The van der Waals surface area contributed by atoms with Crippen molar-refractivity contribution >= 4 is 0 Å². The third-order valence-corrected chi connectivity index (χ3v) is 3.25. The molecule has 0 bridgehead atoms. The number of nitrogens with two attached hydrogens (primary N) is 1. The van der Waals surface area contributed by atoms with E-state index in [0.717, 1.165) is 23.5 Å². The number of hydrogen-bond donors (Lipinski definition) is 1. The lowest BCUT2D eigenvalue weighted by atomic mass is 10.1. The molecule has 1 heterocycles. The van der Waals surface area contributed by atoms with Crippen molar-refractivity contribution in [2.75, 3.05) is 0 Å². The first kappa shape index (κ1) is 12.6. The fourth-order valence-corrected chi connectivity index (χ4v) is 2.23. The molecule has 2 aromatic carbocycles. The van der Waals surface area contributed by atoms with Crippen molar-refractivity contribution in [1.29, 1.82) is 0 Å². The summed E-state index contributed by atoms with van der Waals surface area (Å²) in [5, 5.41) is 8.44. The maximum absolute atomic E-state index is 5.78. The number of nitrogens with zero attached hydrogens (tertiary/aromatic N) is 3. The molecule has 0 saturated carbocycles. The summed E-state index contributed by atoms with van der Waals surface area (Å²) >= 11 is 0. The summed E-state index contributed by atoms with van der Waals surface area (Å²) in [5.41, 5.74) is 9.90. The van der Waals surface area contributed by atoms with Crippen molar-refractivity contribution in [2.45, 2.75) is 13.0 Å². The van der Waals surface area contributed by atoms with Crippen molar-refractivity contribution in [3.8, 4) is 5.69 Å². The second kappa shape index (κ2) is 5.67. The summed E-state index contributed by atoms with van der Waals surface area (Å²) < 4.78 is 1.87. The second-order valence-corrected chi connectivity index (χ2v) is 4.60. The molecule has 0 aliphatic carbocycles. The summed E-state index contributed by atoms with van der Waals surface area (Å²) in [7, 11) is 0. The Labute approximate surface area is 117 Å². The highest BCUT2D eigenvalue weighted by Crippen LogP contribution is 2.16. The lowest BCUT2D eigenvalue weighted by molar-refractivity contribution is 0.772. The van der Waals surface area contributed by atoms with E-state index in [0.29, 0.717) is 6.54 Å². The van der Waals surface area contributed by atoms with Gasteiger partial charge in [-0.25, -0.2) is 4.68 Å². The van der Waals surface area contributed by atoms with E-state index in [1.807, 2.05) is 53.2 Å². The van der Waals surface area contributed by atoms with Crippen molar-refractivity contribution in [3.63, 3.8) is 0 Å². The molecule has 0 aliphatic heterocycles. The minimum Gasteiger partial charge on any atom is -0.325 e. The maximum atomic E-state index is 5.78. The van der Waals surface area contributed by atoms with Gasteiger partial charge >= 0.3 is 0 Å².